The van der Waals surface area contributed by atoms with Crippen molar-refractivity contribution < 1.29 is 4.74 Å². The lowest BCUT2D eigenvalue weighted by molar-refractivity contribution is 0.414. The molecule has 1 heterocycles. The van der Waals surface area contributed by atoms with Crippen molar-refractivity contribution in [3.63, 3.8) is 0 Å². The molecule has 146 valence electrons. The van der Waals surface area contributed by atoms with Crippen LogP contribution in [0.1, 0.15) is 11.4 Å². The van der Waals surface area contributed by atoms with E-state index >= 15 is 0 Å². The van der Waals surface area contributed by atoms with Crippen LogP contribution in [-0.4, -0.2) is 37.7 Å². The van der Waals surface area contributed by atoms with Gasteiger partial charge < -0.3 is 20.3 Å². The summed E-state index contributed by atoms with van der Waals surface area (Å²) in [6.45, 7) is 2.69. The van der Waals surface area contributed by atoms with Crippen molar-refractivity contribution >= 4 is 23.0 Å². The van der Waals surface area contributed by atoms with Gasteiger partial charge in [0.05, 0.1) is 7.11 Å². The first kappa shape index (κ1) is 19.5. The summed E-state index contributed by atoms with van der Waals surface area (Å²) in [4.78, 5) is 11.0. The number of methoxy groups -OCH3 is 1. The first-order valence-corrected chi connectivity index (χ1v) is 9.30. The molecule has 0 spiro atoms. The fourth-order valence-corrected chi connectivity index (χ4v) is 2.84. The Morgan fingerprint density at radius 3 is 2.25 bits per heavy atom. The molecule has 3 aromatic rings. The molecule has 0 unspecified atom stereocenters. The zero-order valence-corrected chi connectivity index (χ0v) is 16.9. The van der Waals surface area contributed by atoms with E-state index in [2.05, 4.69) is 49.8 Å². The SMILES string of the molecule is COc1ccc(CCNc2cc(Nc3ccc(N(C)C)cc3)nc(C)n2)cc1. The van der Waals surface area contributed by atoms with Crippen LogP contribution in [0.2, 0.25) is 0 Å². The molecule has 0 fully saturated rings. The maximum absolute atomic E-state index is 5.19. The first-order valence-electron chi connectivity index (χ1n) is 9.30. The molecule has 6 nitrogen and oxygen atoms in total. The number of aryl methyl sites for hydroxylation is 1. The molecule has 0 aliphatic rings. The summed E-state index contributed by atoms with van der Waals surface area (Å²) in [6, 6.07) is 18.3. The van der Waals surface area contributed by atoms with Crippen molar-refractivity contribution in [1.29, 1.82) is 0 Å². The Morgan fingerprint density at radius 2 is 1.61 bits per heavy atom. The number of nitrogens with one attached hydrogen (secondary N) is 2. The molecule has 2 aromatic carbocycles. The third-order valence-electron chi connectivity index (χ3n) is 4.37. The molecule has 3 rings (SSSR count). The lowest BCUT2D eigenvalue weighted by Crippen LogP contribution is -2.09. The van der Waals surface area contributed by atoms with Gasteiger partial charge >= 0.3 is 0 Å². The minimum atomic E-state index is 0.724. The Bertz CT molecular complexity index is 892. The van der Waals surface area contributed by atoms with Gasteiger partial charge in [-0.3, -0.25) is 0 Å². The van der Waals surface area contributed by atoms with E-state index in [0.29, 0.717) is 0 Å². The fraction of sp³-hybridized carbons (Fsp3) is 0.273. The Balaban J connectivity index is 1.60. The van der Waals surface area contributed by atoms with Crippen molar-refractivity contribution in [1.82, 2.24) is 9.97 Å². The van der Waals surface area contributed by atoms with E-state index in [0.717, 1.165) is 47.5 Å². The summed E-state index contributed by atoms with van der Waals surface area (Å²) >= 11 is 0. The number of hydrogen-bond acceptors (Lipinski definition) is 6. The van der Waals surface area contributed by atoms with E-state index in [4.69, 9.17) is 4.74 Å². The molecule has 0 saturated heterocycles. The van der Waals surface area contributed by atoms with Crippen molar-refractivity contribution in [2.75, 3.05) is 43.3 Å². The Kier molecular flexibility index (Phi) is 6.32. The number of ether oxygens (including phenoxy) is 1. The average molecular weight is 377 g/mol. The second-order valence-corrected chi connectivity index (χ2v) is 6.78. The zero-order valence-electron chi connectivity index (χ0n) is 16.9. The second kappa shape index (κ2) is 9.08. The van der Waals surface area contributed by atoms with Crippen molar-refractivity contribution in [3.05, 3.63) is 66.0 Å². The topological polar surface area (TPSA) is 62.3 Å². The molecular weight excluding hydrogens is 350 g/mol. The van der Waals surface area contributed by atoms with E-state index in [9.17, 15) is 0 Å². The van der Waals surface area contributed by atoms with Gasteiger partial charge in [-0.1, -0.05) is 12.1 Å². The molecule has 0 bridgehead atoms. The molecular formula is C22H27N5O. The van der Waals surface area contributed by atoms with Crippen LogP contribution < -0.4 is 20.3 Å². The van der Waals surface area contributed by atoms with Gasteiger partial charge in [-0.25, -0.2) is 9.97 Å². The van der Waals surface area contributed by atoms with Crippen molar-refractivity contribution in [3.8, 4) is 5.75 Å². The van der Waals surface area contributed by atoms with E-state index in [-0.39, 0.29) is 0 Å². The Hall–Kier alpha value is -3.28. The smallest absolute Gasteiger partial charge is 0.136 e. The van der Waals surface area contributed by atoms with Crippen LogP contribution >= 0.6 is 0 Å². The minimum absolute atomic E-state index is 0.724. The Labute approximate surface area is 166 Å². The van der Waals surface area contributed by atoms with Crippen LogP contribution in [0.15, 0.2) is 54.6 Å². The van der Waals surface area contributed by atoms with Gasteiger partial charge in [-0.2, -0.15) is 0 Å². The molecule has 0 aliphatic carbocycles. The summed E-state index contributed by atoms with van der Waals surface area (Å²) in [6.07, 6.45) is 0.905. The summed E-state index contributed by atoms with van der Waals surface area (Å²) in [5.74, 6) is 3.18. The molecule has 0 aliphatic heterocycles. The quantitative estimate of drug-likeness (QED) is 0.612. The van der Waals surface area contributed by atoms with Gasteiger partial charge in [0.15, 0.2) is 0 Å². The number of nitrogens with zero attached hydrogens (tertiary/aromatic N) is 3. The van der Waals surface area contributed by atoms with Crippen LogP contribution in [0.5, 0.6) is 5.75 Å². The largest absolute Gasteiger partial charge is 0.497 e. The highest BCUT2D eigenvalue weighted by Gasteiger charge is 2.04. The van der Waals surface area contributed by atoms with E-state index in [1.54, 1.807) is 7.11 Å². The third kappa shape index (κ3) is 5.36. The monoisotopic (exact) mass is 377 g/mol. The second-order valence-electron chi connectivity index (χ2n) is 6.78. The average Bonchev–Trinajstić information content (AvgIpc) is 2.68. The van der Waals surface area contributed by atoms with Crippen LogP contribution in [-0.2, 0) is 6.42 Å². The highest BCUT2D eigenvalue weighted by molar-refractivity contribution is 5.62. The standard InChI is InChI=1S/C22H27N5O/c1-16-24-21(23-14-13-17-5-11-20(28-4)12-6-17)15-22(25-16)26-18-7-9-19(10-8-18)27(2)3/h5-12,15H,13-14H2,1-4H3,(H2,23,24,25,26). The molecule has 0 saturated carbocycles. The molecule has 6 heteroatoms. The summed E-state index contributed by atoms with van der Waals surface area (Å²) in [5, 5.41) is 6.73. The lowest BCUT2D eigenvalue weighted by atomic mass is 10.1. The van der Waals surface area contributed by atoms with E-state index in [1.807, 2.05) is 51.4 Å². The summed E-state index contributed by atoms with van der Waals surface area (Å²) in [5.41, 5.74) is 3.40. The third-order valence-corrected chi connectivity index (χ3v) is 4.37. The van der Waals surface area contributed by atoms with Crippen LogP contribution in [0.25, 0.3) is 0 Å². The molecule has 0 amide bonds. The normalized spacial score (nSPS) is 10.4. The predicted molar refractivity (Wildman–Crippen MR) is 116 cm³/mol. The van der Waals surface area contributed by atoms with Gasteiger partial charge in [0.2, 0.25) is 0 Å². The van der Waals surface area contributed by atoms with E-state index < -0.39 is 0 Å². The number of benzene rings is 2. The first-order chi connectivity index (χ1) is 13.5. The minimum Gasteiger partial charge on any atom is -0.497 e. The van der Waals surface area contributed by atoms with Gasteiger partial charge in [0, 0.05) is 38.1 Å². The van der Waals surface area contributed by atoms with Gasteiger partial charge in [0.1, 0.15) is 23.2 Å². The molecule has 2 N–H and O–H groups in total. The number of rotatable bonds is 8. The molecule has 0 radical (unpaired) electrons. The summed E-state index contributed by atoms with van der Waals surface area (Å²) < 4.78 is 5.19. The van der Waals surface area contributed by atoms with Crippen LogP contribution in [0.3, 0.4) is 0 Å². The maximum atomic E-state index is 5.19. The van der Waals surface area contributed by atoms with Crippen molar-refractivity contribution in [2.24, 2.45) is 0 Å². The highest BCUT2D eigenvalue weighted by Crippen LogP contribution is 2.20. The number of aromatic nitrogens is 2. The van der Waals surface area contributed by atoms with E-state index in [1.165, 1.54) is 5.56 Å². The van der Waals surface area contributed by atoms with Gasteiger partial charge in [-0.05, 0) is 55.3 Å². The van der Waals surface area contributed by atoms with Gasteiger partial charge in [0.25, 0.3) is 0 Å². The lowest BCUT2D eigenvalue weighted by Gasteiger charge is -2.14. The van der Waals surface area contributed by atoms with Crippen LogP contribution in [0, 0.1) is 6.92 Å². The summed E-state index contributed by atoms with van der Waals surface area (Å²) in [7, 11) is 5.73. The molecule has 0 atom stereocenters. The Morgan fingerprint density at radius 1 is 0.929 bits per heavy atom. The maximum Gasteiger partial charge on any atom is 0.136 e. The number of hydrogen-bond donors (Lipinski definition) is 2. The fourth-order valence-electron chi connectivity index (χ4n) is 2.84. The predicted octanol–water partition coefficient (Wildman–Crippen LogP) is 4.26. The number of anilines is 4. The highest BCUT2D eigenvalue weighted by atomic mass is 16.5. The molecule has 1 aromatic heterocycles. The van der Waals surface area contributed by atoms with Crippen LogP contribution in [0.4, 0.5) is 23.0 Å². The van der Waals surface area contributed by atoms with Crippen molar-refractivity contribution in [2.45, 2.75) is 13.3 Å². The van der Waals surface area contributed by atoms with Gasteiger partial charge in [-0.15, -0.1) is 0 Å². The molecule has 28 heavy (non-hydrogen) atoms. The zero-order chi connectivity index (χ0) is 19.9.